The van der Waals surface area contributed by atoms with E-state index in [1.807, 2.05) is 55.9 Å². The summed E-state index contributed by atoms with van der Waals surface area (Å²) in [6, 6.07) is 11.3. The van der Waals surface area contributed by atoms with Crippen LogP contribution in [0.15, 0.2) is 36.4 Å². The van der Waals surface area contributed by atoms with Crippen molar-refractivity contribution in [3.8, 4) is 17.0 Å². The molecule has 3 aromatic rings. The van der Waals surface area contributed by atoms with Gasteiger partial charge in [-0.2, -0.15) is 10.2 Å². The van der Waals surface area contributed by atoms with E-state index in [-0.39, 0.29) is 5.91 Å². The normalized spacial score (nSPS) is 10.8. The topological polar surface area (TPSA) is 74.0 Å². The first kappa shape index (κ1) is 17.7. The second-order valence-corrected chi connectivity index (χ2v) is 6.13. The molecule has 0 radical (unpaired) electrons. The van der Waals surface area contributed by atoms with Crippen LogP contribution in [0.4, 0.5) is 0 Å². The summed E-state index contributed by atoms with van der Waals surface area (Å²) < 4.78 is 8.99. The highest BCUT2D eigenvalue weighted by atomic mass is 16.5. The highest BCUT2D eigenvalue weighted by molar-refractivity contribution is 5.93. The van der Waals surface area contributed by atoms with Crippen LogP contribution in [-0.2, 0) is 14.1 Å². The molecule has 0 aliphatic carbocycles. The van der Waals surface area contributed by atoms with Crippen molar-refractivity contribution in [3.63, 3.8) is 0 Å². The smallest absolute Gasteiger partial charge is 0.269 e. The zero-order valence-electron chi connectivity index (χ0n) is 15.5. The summed E-state index contributed by atoms with van der Waals surface area (Å²) in [6.45, 7) is 4.75. The maximum Gasteiger partial charge on any atom is 0.269 e. The molecule has 0 aliphatic heterocycles. The molecular weight excluding hydrogens is 330 g/mol. The lowest BCUT2D eigenvalue weighted by atomic mass is 10.1. The van der Waals surface area contributed by atoms with E-state index in [1.54, 1.807) is 17.8 Å². The molecule has 0 saturated heterocycles. The highest BCUT2D eigenvalue weighted by Gasteiger charge is 2.19. The second kappa shape index (κ2) is 7.43. The van der Waals surface area contributed by atoms with E-state index in [0.29, 0.717) is 18.8 Å². The summed E-state index contributed by atoms with van der Waals surface area (Å²) in [5, 5.41) is 11.8. The average molecular weight is 353 g/mol. The van der Waals surface area contributed by atoms with Crippen LogP contribution in [0.25, 0.3) is 11.3 Å². The molecule has 26 heavy (non-hydrogen) atoms. The van der Waals surface area contributed by atoms with Crippen molar-refractivity contribution in [1.29, 1.82) is 0 Å². The Hall–Kier alpha value is -3.09. The van der Waals surface area contributed by atoms with E-state index in [4.69, 9.17) is 4.74 Å². The predicted molar refractivity (Wildman–Crippen MR) is 99.2 cm³/mol. The minimum absolute atomic E-state index is 0.179. The summed E-state index contributed by atoms with van der Waals surface area (Å²) in [4.78, 5) is 12.4. The second-order valence-electron chi connectivity index (χ2n) is 6.13. The molecule has 3 rings (SSSR count). The first-order chi connectivity index (χ1) is 12.5. The third kappa shape index (κ3) is 3.61. The van der Waals surface area contributed by atoms with Gasteiger partial charge in [0.05, 0.1) is 17.9 Å². The van der Waals surface area contributed by atoms with Gasteiger partial charge in [0.15, 0.2) is 0 Å². The number of aromatic nitrogens is 4. The van der Waals surface area contributed by atoms with Gasteiger partial charge in [-0.15, -0.1) is 0 Å². The van der Waals surface area contributed by atoms with Gasteiger partial charge in [-0.25, -0.2) is 0 Å². The molecule has 0 aliphatic rings. The molecule has 136 valence electrons. The Morgan fingerprint density at radius 1 is 1.12 bits per heavy atom. The highest BCUT2D eigenvalue weighted by Crippen LogP contribution is 2.25. The van der Waals surface area contributed by atoms with Crippen LogP contribution in [0.1, 0.15) is 21.9 Å². The minimum Gasteiger partial charge on any atom is -0.492 e. The first-order valence-electron chi connectivity index (χ1n) is 8.48. The van der Waals surface area contributed by atoms with E-state index < -0.39 is 0 Å². The molecule has 2 heterocycles. The fourth-order valence-corrected chi connectivity index (χ4v) is 2.89. The van der Waals surface area contributed by atoms with Crippen LogP contribution in [0.3, 0.4) is 0 Å². The van der Waals surface area contributed by atoms with E-state index in [9.17, 15) is 4.79 Å². The van der Waals surface area contributed by atoms with Crippen molar-refractivity contribution in [1.82, 2.24) is 24.9 Å². The Morgan fingerprint density at radius 3 is 2.50 bits per heavy atom. The lowest BCUT2D eigenvalue weighted by Crippen LogP contribution is -2.29. The molecule has 1 aromatic carbocycles. The van der Waals surface area contributed by atoms with Gasteiger partial charge in [-0.3, -0.25) is 14.2 Å². The Kier molecular flexibility index (Phi) is 5.06. The zero-order chi connectivity index (χ0) is 18.7. The zero-order valence-corrected chi connectivity index (χ0v) is 15.5. The number of benzene rings is 1. The van der Waals surface area contributed by atoms with Crippen molar-refractivity contribution in [2.45, 2.75) is 13.8 Å². The molecule has 1 amide bonds. The van der Waals surface area contributed by atoms with E-state index in [1.165, 1.54) is 0 Å². The van der Waals surface area contributed by atoms with Gasteiger partial charge in [0, 0.05) is 25.4 Å². The molecule has 0 atom stereocenters. The van der Waals surface area contributed by atoms with E-state index in [0.717, 1.165) is 28.4 Å². The number of hydrogen-bond donors (Lipinski definition) is 1. The third-order valence-electron chi connectivity index (χ3n) is 4.28. The van der Waals surface area contributed by atoms with Gasteiger partial charge in [0.1, 0.15) is 18.1 Å². The predicted octanol–water partition coefficient (Wildman–Crippen LogP) is 2.25. The Morgan fingerprint density at radius 2 is 1.85 bits per heavy atom. The maximum atomic E-state index is 12.4. The summed E-state index contributed by atoms with van der Waals surface area (Å²) in [5.41, 5.74) is 4.13. The Bertz CT molecular complexity index is 912. The Balaban J connectivity index is 1.64. The molecule has 7 heteroatoms. The molecule has 0 fully saturated rings. The fourth-order valence-electron chi connectivity index (χ4n) is 2.89. The standard InChI is InChI=1S/C19H23N5O2/c1-13-18(14(2)23(3)21-13)16-12-17(24(4)22-16)19(25)20-10-11-26-15-8-6-5-7-9-15/h5-9,12H,10-11H2,1-4H3,(H,20,25). The van der Waals surface area contributed by atoms with Crippen molar-refractivity contribution in [2.24, 2.45) is 14.1 Å². The number of ether oxygens (including phenoxy) is 1. The third-order valence-corrected chi connectivity index (χ3v) is 4.28. The van der Waals surface area contributed by atoms with Crippen molar-refractivity contribution in [3.05, 3.63) is 53.5 Å². The molecule has 7 nitrogen and oxygen atoms in total. The molecule has 2 aromatic heterocycles. The number of nitrogens with zero attached hydrogens (tertiary/aromatic N) is 4. The summed E-state index contributed by atoms with van der Waals surface area (Å²) in [5.74, 6) is 0.606. The molecule has 0 unspecified atom stereocenters. The maximum absolute atomic E-state index is 12.4. The minimum atomic E-state index is -0.179. The van der Waals surface area contributed by atoms with Gasteiger partial charge in [0.2, 0.25) is 0 Å². The summed E-state index contributed by atoms with van der Waals surface area (Å²) in [7, 11) is 3.66. The fraction of sp³-hybridized carbons (Fsp3) is 0.316. The van der Waals surface area contributed by atoms with Crippen molar-refractivity contribution < 1.29 is 9.53 Å². The van der Waals surface area contributed by atoms with Crippen LogP contribution in [0.5, 0.6) is 5.75 Å². The SMILES string of the molecule is Cc1nn(C)c(C)c1-c1cc(C(=O)NCCOc2ccccc2)n(C)n1. The average Bonchev–Trinajstić information content (AvgIpc) is 3.11. The summed E-state index contributed by atoms with van der Waals surface area (Å²) in [6.07, 6.45) is 0. The lowest BCUT2D eigenvalue weighted by Gasteiger charge is -2.07. The Labute approximate surface area is 152 Å². The molecular formula is C19H23N5O2. The number of carbonyl (C=O) groups excluding carboxylic acids is 1. The number of para-hydroxylation sites is 1. The van der Waals surface area contributed by atoms with Crippen molar-refractivity contribution >= 4 is 5.91 Å². The molecule has 0 saturated carbocycles. The van der Waals surface area contributed by atoms with Crippen LogP contribution in [0, 0.1) is 13.8 Å². The number of aryl methyl sites for hydroxylation is 3. The number of rotatable bonds is 6. The lowest BCUT2D eigenvalue weighted by molar-refractivity contribution is 0.0937. The van der Waals surface area contributed by atoms with Crippen molar-refractivity contribution in [2.75, 3.05) is 13.2 Å². The number of hydrogen-bond acceptors (Lipinski definition) is 4. The van der Waals surface area contributed by atoms with Gasteiger partial charge in [-0.1, -0.05) is 18.2 Å². The molecule has 0 spiro atoms. The first-order valence-corrected chi connectivity index (χ1v) is 8.48. The largest absolute Gasteiger partial charge is 0.492 e. The summed E-state index contributed by atoms with van der Waals surface area (Å²) >= 11 is 0. The molecule has 1 N–H and O–H groups in total. The molecule has 0 bridgehead atoms. The number of carbonyl (C=O) groups is 1. The van der Waals surface area contributed by atoms with Crippen LogP contribution in [-0.4, -0.2) is 38.6 Å². The van der Waals surface area contributed by atoms with Crippen LogP contribution < -0.4 is 10.1 Å². The number of nitrogens with one attached hydrogen (secondary N) is 1. The number of amides is 1. The quantitative estimate of drug-likeness (QED) is 0.690. The van der Waals surface area contributed by atoms with Gasteiger partial charge in [0.25, 0.3) is 5.91 Å². The monoisotopic (exact) mass is 353 g/mol. The van der Waals surface area contributed by atoms with Crippen LogP contribution in [0.2, 0.25) is 0 Å². The van der Waals surface area contributed by atoms with Gasteiger partial charge in [-0.05, 0) is 32.0 Å². The van der Waals surface area contributed by atoms with Gasteiger partial charge >= 0.3 is 0 Å². The van der Waals surface area contributed by atoms with Gasteiger partial charge < -0.3 is 10.1 Å². The van der Waals surface area contributed by atoms with E-state index in [2.05, 4.69) is 15.5 Å². The van der Waals surface area contributed by atoms with E-state index >= 15 is 0 Å². The van der Waals surface area contributed by atoms with Crippen LogP contribution >= 0.6 is 0 Å².